The predicted molar refractivity (Wildman–Crippen MR) is 87.9 cm³/mol. The average Bonchev–Trinajstić information content (AvgIpc) is 2.56. The van der Waals surface area contributed by atoms with Crippen LogP contribution in [-0.2, 0) is 0 Å². The number of nitrogens with zero attached hydrogens (tertiary/aromatic N) is 3. The zero-order valence-electron chi connectivity index (χ0n) is 12.7. The molecule has 0 radical (unpaired) electrons. The van der Waals surface area contributed by atoms with Gasteiger partial charge in [-0.1, -0.05) is 0 Å². The van der Waals surface area contributed by atoms with Crippen LogP contribution in [0.15, 0.2) is 18.3 Å². The van der Waals surface area contributed by atoms with Gasteiger partial charge in [-0.05, 0) is 38.4 Å². The van der Waals surface area contributed by atoms with Gasteiger partial charge in [0.05, 0.1) is 0 Å². The molecule has 1 fully saturated rings. The summed E-state index contributed by atoms with van der Waals surface area (Å²) in [6.45, 7) is 4.83. The summed E-state index contributed by atoms with van der Waals surface area (Å²) < 4.78 is 0. The molecule has 3 N–H and O–H groups in total. The van der Waals surface area contributed by atoms with Crippen molar-refractivity contribution in [3.8, 4) is 6.07 Å². The summed E-state index contributed by atoms with van der Waals surface area (Å²) in [5.41, 5.74) is 0.405. The third kappa shape index (κ3) is 3.10. The maximum absolute atomic E-state index is 9.08. The topological polar surface area (TPSA) is 85.7 Å². The van der Waals surface area contributed by atoms with Gasteiger partial charge in [0.1, 0.15) is 23.4 Å². The van der Waals surface area contributed by atoms with E-state index in [4.69, 9.17) is 5.26 Å². The molecule has 0 unspecified atom stereocenters. The molecule has 1 aliphatic rings. The van der Waals surface area contributed by atoms with E-state index in [0.29, 0.717) is 11.7 Å². The van der Waals surface area contributed by atoms with Gasteiger partial charge in [0, 0.05) is 36.1 Å². The van der Waals surface area contributed by atoms with Crippen molar-refractivity contribution in [2.75, 3.05) is 30.3 Å². The van der Waals surface area contributed by atoms with E-state index in [-0.39, 0.29) is 0 Å². The lowest BCUT2D eigenvalue weighted by Gasteiger charge is -2.24. The van der Waals surface area contributed by atoms with E-state index in [1.165, 1.54) is 6.42 Å². The minimum Gasteiger partial charge on any atom is -0.370 e. The molecule has 3 rings (SSSR count). The second-order valence-corrected chi connectivity index (χ2v) is 5.48. The largest absolute Gasteiger partial charge is 0.370 e. The van der Waals surface area contributed by atoms with Gasteiger partial charge in [-0.25, -0.2) is 9.97 Å². The number of pyridine rings is 2. The Hall–Kier alpha value is -2.39. The number of fused-ring (bicyclic) bond motifs is 1. The van der Waals surface area contributed by atoms with Gasteiger partial charge < -0.3 is 16.0 Å². The van der Waals surface area contributed by atoms with Gasteiger partial charge >= 0.3 is 0 Å². The lowest BCUT2D eigenvalue weighted by atomic mass is 10.1. The quantitative estimate of drug-likeness (QED) is 0.801. The molecule has 0 amide bonds. The van der Waals surface area contributed by atoms with Gasteiger partial charge in [0.25, 0.3) is 0 Å². The normalized spacial score (nSPS) is 17.9. The highest BCUT2D eigenvalue weighted by Crippen LogP contribution is 2.25. The highest BCUT2D eigenvalue weighted by atomic mass is 15.1. The zero-order valence-corrected chi connectivity index (χ0v) is 12.7. The summed E-state index contributed by atoms with van der Waals surface area (Å²) in [6.07, 6.45) is 4.14. The first kappa shape index (κ1) is 14.5. The Balaban J connectivity index is 1.93. The van der Waals surface area contributed by atoms with Crippen molar-refractivity contribution in [2.24, 2.45) is 0 Å². The molecule has 0 bridgehead atoms. The van der Waals surface area contributed by atoms with Crippen LogP contribution < -0.4 is 16.0 Å². The van der Waals surface area contributed by atoms with E-state index in [1.807, 2.05) is 13.0 Å². The predicted octanol–water partition coefficient (Wildman–Crippen LogP) is 2.10. The number of nitrogens with one attached hydrogen (secondary N) is 3. The molecule has 6 nitrogen and oxygen atoms in total. The van der Waals surface area contributed by atoms with Crippen molar-refractivity contribution in [3.05, 3.63) is 24.0 Å². The fraction of sp³-hybridized carbons (Fsp3) is 0.438. The van der Waals surface area contributed by atoms with Crippen molar-refractivity contribution >= 4 is 22.4 Å². The van der Waals surface area contributed by atoms with Crippen LogP contribution in [0.1, 0.15) is 25.5 Å². The summed E-state index contributed by atoms with van der Waals surface area (Å²) in [6, 6.07) is 6.29. The summed E-state index contributed by atoms with van der Waals surface area (Å²) in [4.78, 5) is 8.83. The Kier molecular flexibility index (Phi) is 4.35. The van der Waals surface area contributed by atoms with Crippen LogP contribution in [0.3, 0.4) is 0 Å². The minimum absolute atomic E-state index is 0.405. The molecular formula is C16H20N6. The van der Waals surface area contributed by atoms with Gasteiger partial charge in [-0.15, -0.1) is 0 Å². The maximum Gasteiger partial charge on any atom is 0.143 e. The smallest absolute Gasteiger partial charge is 0.143 e. The lowest BCUT2D eigenvalue weighted by molar-refractivity contribution is 0.479. The molecule has 0 aliphatic carbocycles. The average molecular weight is 296 g/mol. The molecule has 1 atom stereocenters. The number of aromatic nitrogens is 2. The number of piperidine rings is 1. The Labute approximate surface area is 130 Å². The van der Waals surface area contributed by atoms with Crippen molar-refractivity contribution in [1.29, 1.82) is 5.26 Å². The highest BCUT2D eigenvalue weighted by molar-refractivity contribution is 5.93. The Morgan fingerprint density at radius 1 is 1.45 bits per heavy atom. The van der Waals surface area contributed by atoms with Crippen LogP contribution in [0.2, 0.25) is 0 Å². The fourth-order valence-corrected chi connectivity index (χ4v) is 2.77. The van der Waals surface area contributed by atoms with Gasteiger partial charge in [0.15, 0.2) is 0 Å². The second-order valence-electron chi connectivity index (χ2n) is 5.48. The molecular weight excluding hydrogens is 276 g/mol. The molecule has 22 heavy (non-hydrogen) atoms. The first-order valence-corrected chi connectivity index (χ1v) is 7.72. The summed E-state index contributed by atoms with van der Waals surface area (Å²) in [7, 11) is 0. The van der Waals surface area contributed by atoms with Gasteiger partial charge in [0.2, 0.25) is 0 Å². The molecule has 1 aliphatic heterocycles. The third-order valence-corrected chi connectivity index (χ3v) is 3.82. The molecule has 114 valence electrons. The Bertz CT molecular complexity index is 700. The molecule has 1 saturated heterocycles. The van der Waals surface area contributed by atoms with E-state index in [9.17, 15) is 0 Å². The SMILES string of the molecule is CCNc1nc(C#N)cc2cnc(N[C@H]3CCCNC3)cc12. The third-order valence-electron chi connectivity index (χ3n) is 3.82. The molecule has 0 spiro atoms. The number of anilines is 2. The van der Waals surface area contributed by atoms with Crippen LogP contribution in [0.5, 0.6) is 0 Å². The van der Waals surface area contributed by atoms with Gasteiger partial charge in [-0.3, -0.25) is 0 Å². The van der Waals surface area contributed by atoms with E-state index in [1.54, 1.807) is 12.3 Å². The maximum atomic E-state index is 9.08. The van der Waals surface area contributed by atoms with Crippen molar-refractivity contribution in [2.45, 2.75) is 25.8 Å². The Morgan fingerprint density at radius 2 is 2.36 bits per heavy atom. The summed E-state index contributed by atoms with van der Waals surface area (Å²) >= 11 is 0. The Morgan fingerprint density at radius 3 is 3.09 bits per heavy atom. The van der Waals surface area contributed by atoms with E-state index < -0.39 is 0 Å². The van der Waals surface area contributed by atoms with Crippen molar-refractivity contribution in [3.63, 3.8) is 0 Å². The molecule has 3 heterocycles. The lowest BCUT2D eigenvalue weighted by Crippen LogP contribution is -2.38. The van der Waals surface area contributed by atoms with Crippen LogP contribution in [0, 0.1) is 11.3 Å². The van der Waals surface area contributed by atoms with E-state index in [0.717, 1.165) is 48.5 Å². The molecule has 0 aromatic carbocycles. The van der Waals surface area contributed by atoms with Crippen LogP contribution in [0.25, 0.3) is 10.8 Å². The summed E-state index contributed by atoms with van der Waals surface area (Å²) in [5, 5.41) is 21.1. The van der Waals surface area contributed by atoms with Crippen molar-refractivity contribution in [1.82, 2.24) is 15.3 Å². The van der Waals surface area contributed by atoms with E-state index in [2.05, 4.69) is 32.0 Å². The number of rotatable bonds is 4. The van der Waals surface area contributed by atoms with Crippen LogP contribution in [0.4, 0.5) is 11.6 Å². The van der Waals surface area contributed by atoms with Crippen LogP contribution >= 0.6 is 0 Å². The number of hydrogen-bond donors (Lipinski definition) is 3. The van der Waals surface area contributed by atoms with E-state index >= 15 is 0 Å². The first-order chi connectivity index (χ1) is 10.8. The zero-order chi connectivity index (χ0) is 15.4. The summed E-state index contributed by atoms with van der Waals surface area (Å²) in [5.74, 6) is 1.59. The molecule has 2 aromatic rings. The monoisotopic (exact) mass is 296 g/mol. The molecule has 0 saturated carbocycles. The first-order valence-electron chi connectivity index (χ1n) is 7.72. The van der Waals surface area contributed by atoms with Crippen molar-refractivity contribution < 1.29 is 0 Å². The number of nitriles is 1. The highest BCUT2D eigenvalue weighted by Gasteiger charge is 2.14. The minimum atomic E-state index is 0.405. The van der Waals surface area contributed by atoms with Gasteiger partial charge in [-0.2, -0.15) is 5.26 Å². The number of hydrogen-bond acceptors (Lipinski definition) is 6. The standard InChI is InChI=1S/C16H20N6/c1-2-19-16-14-7-15(21-12-4-3-5-18-10-12)20-9-11(14)6-13(8-17)22-16/h6-7,9,12,18H,2-5,10H2,1H3,(H,19,22)(H,20,21)/t12-/m0/s1. The fourth-order valence-electron chi connectivity index (χ4n) is 2.77. The molecule has 2 aromatic heterocycles. The molecule has 6 heteroatoms. The van der Waals surface area contributed by atoms with Crippen LogP contribution in [-0.4, -0.2) is 35.6 Å². The second kappa shape index (κ2) is 6.58.